The van der Waals surface area contributed by atoms with E-state index in [0.29, 0.717) is 11.3 Å². The number of nitrogens with zero attached hydrogens (tertiary/aromatic N) is 3. The summed E-state index contributed by atoms with van der Waals surface area (Å²) in [5.74, 6) is -1.06. The lowest BCUT2D eigenvalue weighted by molar-refractivity contribution is 0.0938. The summed E-state index contributed by atoms with van der Waals surface area (Å²) in [7, 11) is 0. The van der Waals surface area contributed by atoms with Crippen molar-refractivity contribution >= 4 is 5.91 Å². The predicted molar refractivity (Wildman–Crippen MR) is 114 cm³/mol. The van der Waals surface area contributed by atoms with Crippen molar-refractivity contribution in [3.05, 3.63) is 116 Å². The van der Waals surface area contributed by atoms with E-state index in [-0.39, 0.29) is 18.8 Å². The molecule has 1 N–H and O–H groups in total. The number of furan rings is 1. The highest BCUT2D eigenvalue weighted by atomic mass is 19.1. The van der Waals surface area contributed by atoms with Crippen LogP contribution in [0.25, 0.3) is 5.69 Å². The molecule has 0 saturated heterocycles. The number of halogens is 1. The van der Waals surface area contributed by atoms with Crippen LogP contribution < -0.4 is 16.6 Å². The van der Waals surface area contributed by atoms with Crippen LogP contribution in [0.5, 0.6) is 0 Å². The zero-order valence-electron chi connectivity index (χ0n) is 17.1. The van der Waals surface area contributed by atoms with E-state index in [1.807, 2.05) is 19.1 Å². The van der Waals surface area contributed by atoms with Crippen LogP contribution in [-0.2, 0) is 13.1 Å². The summed E-state index contributed by atoms with van der Waals surface area (Å²) in [6, 6.07) is 16.0. The third kappa shape index (κ3) is 4.27. The Hall–Kier alpha value is -4.27. The Balaban J connectivity index is 1.81. The number of aromatic nitrogens is 3. The lowest BCUT2D eigenvalue weighted by Crippen LogP contribution is -2.46. The first kappa shape index (κ1) is 21.0. The number of carbonyl (C=O) groups is 1. The second kappa shape index (κ2) is 8.84. The molecule has 0 radical (unpaired) electrons. The normalized spacial score (nSPS) is 10.8. The second-order valence-electron chi connectivity index (χ2n) is 7.13. The fraction of sp³-hybridized carbons (Fsp3) is 0.130. The van der Waals surface area contributed by atoms with Gasteiger partial charge in [0.05, 0.1) is 19.4 Å². The number of aryl methyl sites for hydroxylation is 1. The zero-order valence-corrected chi connectivity index (χ0v) is 17.1. The average Bonchev–Trinajstić information content (AvgIpc) is 3.31. The SMILES string of the molecule is Cc1ccc(Cn2c(=O)c(C(=O)NCc3ccco3)nn(-c3ccccc3F)c2=O)cc1. The van der Waals surface area contributed by atoms with Crippen molar-refractivity contribution in [1.29, 1.82) is 0 Å². The number of hydrogen-bond acceptors (Lipinski definition) is 5. The van der Waals surface area contributed by atoms with Gasteiger partial charge < -0.3 is 9.73 Å². The molecule has 9 heteroatoms. The van der Waals surface area contributed by atoms with E-state index in [0.717, 1.165) is 20.9 Å². The number of benzene rings is 2. The number of carbonyl (C=O) groups excluding carboxylic acids is 1. The van der Waals surface area contributed by atoms with Crippen LogP contribution in [0.15, 0.2) is 80.9 Å². The fourth-order valence-electron chi connectivity index (χ4n) is 3.12. The summed E-state index contributed by atoms with van der Waals surface area (Å²) < 4.78 is 21.2. The van der Waals surface area contributed by atoms with Crippen molar-refractivity contribution in [2.45, 2.75) is 20.0 Å². The van der Waals surface area contributed by atoms with Crippen molar-refractivity contribution in [3.8, 4) is 5.69 Å². The lowest BCUT2D eigenvalue weighted by Gasteiger charge is -2.13. The topological polar surface area (TPSA) is 99.1 Å². The summed E-state index contributed by atoms with van der Waals surface area (Å²) in [4.78, 5) is 38.9. The Labute approximate surface area is 181 Å². The molecular formula is C23H19FN4O4. The van der Waals surface area contributed by atoms with E-state index < -0.39 is 28.7 Å². The van der Waals surface area contributed by atoms with E-state index in [2.05, 4.69) is 10.4 Å². The first-order chi connectivity index (χ1) is 15.4. The van der Waals surface area contributed by atoms with Gasteiger partial charge in [0.15, 0.2) is 0 Å². The molecule has 8 nitrogen and oxygen atoms in total. The molecule has 0 atom stereocenters. The summed E-state index contributed by atoms with van der Waals surface area (Å²) in [6.07, 6.45) is 1.45. The van der Waals surface area contributed by atoms with E-state index in [4.69, 9.17) is 4.42 Å². The standard InChI is InChI=1S/C23H19FN4O4/c1-15-8-10-16(11-9-15)14-27-22(30)20(21(29)25-13-17-5-4-12-32-17)26-28(23(27)31)19-7-3-2-6-18(19)24/h2-12H,13-14H2,1H3,(H,25,29). The molecule has 4 aromatic rings. The van der Waals surface area contributed by atoms with Gasteiger partial charge in [-0.1, -0.05) is 42.0 Å². The monoisotopic (exact) mass is 434 g/mol. The Bertz CT molecular complexity index is 1370. The number of para-hydroxylation sites is 1. The highest BCUT2D eigenvalue weighted by Gasteiger charge is 2.21. The van der Waals surface area contributed by atoms with E-state index >= 15 is 0 Å². The van der Waals surface area contributed by atoms with Gasteiger partial charge in [-0.2, -0.15) is 9.78 Å². The number of nitrogens with one attached hydrogen (secondary N) is 1. The number of amides is 1. The van der Waals surface area contributed by atoms with Crippen LogP contribution in [0.1, 0.15) is 27.4 Å². The Morgan fingerprint density at radius 2 is 1.81 bits per heavy atom. The fourth-order valence-corrected chi connectivity index (χ4v) is 3.12. The summed E-state index contributed by atoms with van der Waals surface area (Å²) in [5.41, 5.74) is -0.759. The Morgan fingerprint density at radius 3 is 2.50 bits per heavy atom. The van der Waals surface area contributed by atoms with Crippen LogP contribution in [-0.4, -0.2) is 20.3 Å². The molecule has 2 heterocycles. The molecule has 0 unspecified atom stereocenters. The molecule has 2 aromatic carbocycles. The maximum Gasteiger partial charge on any atom is 0.352 e. The maximum atomic E-state index is 14.4. The predicted octanol–water partition coefficient (Wildman–Crippen LogP) is 2.41. The lowest BCUT2D eigenvalue weighted by atomic mass is 10.1. The van der Waals surface area contributed by atoms with Gasteiger partial charge in [-0.25, -0.2) is 9.18 Å². The largest absolute Gasteiger partial charge is 0.467 e. The molecule has 162 valence electrons. The Morgan fingerprint density at radius 1 is 1.06 bits per heavy atom. The third-order valence-electron chi connectivity index (χ3n) is 4.82. The van der Waals surface area contributed by atoms with Gasteiger partial charge >= 0.3 is 5.69 Å². The van der Waals surface area contributed by atoms with Gasteiger partial charge in [-0.3, -0.25) is 14.2 Å². The van der Waals surface area contributed by atoms with Crippen LogP contribution in [0.2, 0.25) is 0 Å². The highest BCUT2D eigenvalue weighted by molar-refractivity contribution is 5.91. The van der Waals surface area contributed by atoms with Gasteiger partial charge in [0.1, 0.15) is 17.3 Å². The molecule has 32 heavy (non-hydrogen) atoms. The molecule has 0 bridgehead atoms. The first-order valence-corrected chi connectivity index (χ1v) is 9.79. The zero-order chi connectivity index (χ0) is 22.7. The minimum Gasteiger partial charge on any atom is -0.467 e. The van der Waals surface area contributed by atoms with E-state index in [1.165, 1.54) is 24.5 Å². The molecular weight excluding hydrogens is 415 g/mol. The molecule has 0 aliphatic rings. The molecule has 0 fully saturated rings. The highest BCUT2D eigenvalue weighted by Crippen LogP contribution is 2.10. The maximum absolute atomic E-state index is 14.4. The Kier molecular flexibility index (Phi) is 5.80. The van der Waals surface area contributed by atoms with E-state index in [9.17, 15) is 18.8 Å². The number of rotatable bonds is 6. The van der Waals surface area contributed by atoms with Crippen LogP contribution in [0.4, 0.5) is 4.39 Å². The molecule has 0 saturated carbocycles. The number of hydrogen-bond donors (Lipinski definition) is 1. The van der Waals surface area contributed by atoms with Gasteiger partial charge in [0, 0.05) is 0 Å². The smallest absolute Gasteiger partial charge is 0.352 e. The molecule has 0 spiro atoms. The molecule has 0 aliphatic heterocycles. The average molecular weight is 434 g/mol. The second-order valence-corrected chi connectivity index (χ2v) is 7.13. The quantitative estimate of drug-likeness (QED) is 0.503. The molecule has 1 amide bonds. The summed E-state index contributed by atoms with van der Waals surface area (Å²) in [6.45, 7) is 1.83. The van der Waals surface area contributed by atoms with Crippen LogP contribution >= 0.6 is 0 Å². The minimum absolute atomic E-state index is 0.0176. The van der Waals surface area contributed by atoms with Gasteiger partial charge in [-0.05, 0) is 36.8 Å². The van der Waals surface area contributed by atoms with E-state index in [1.54, 1.807) is 24.3 Å². The van der Waals surface area contributed by atoms with Crippen LogP contribution in [0, 0.1) is 12.7 Å². The molecule has 4 rings (SSSR count). The van der Waals surface area contributed by atoms with Crippen molar-refractivity contribution < 1.29 is 13.6 Å². The van der Waals surface area contributed by atoms with Gasteiger partial charge in [0.2, 0.25) is 5.69 Å². The van der Waals surface area contributed by atoms with Crippen molar-refractivity contribution in [1.82, 2.24) is 19.7 Å². The first-order valence-electron chi connectivity index (χ1n) is 9.79. The van der Waals surface area contributed by atoms with Crippen molar-refractivity contribution in [2.75, 3.05) is 0 Å². The minimum atomic E-state index is -0.875. The van der Waals surface area contributed by atoms with Gasteiger partial charge in [-0.15, -0.1) is 0 Å². The third-order valence-corrected chi connectivity index (χ3v) is 4.82. The van der Waals surface area contributed by atoms with Crippen LogP contribution in [0.3, 0.4) is 0 Å². The molecule has 0 aliphatic carbocycles. The van der Waals surface area contributed by atoms with Crippen molar-refractivity contribution in [3.63, 3.8) is 0 Å². The molecule has 2 aromatic heterocycles. The van der Waals surface area contributed by atoms with Gasteiger partial charge in [0.25, 0.3) is 11.5 Å². The summed E-state index contributed by atoms with van der Waals surface area (Å²) in [5, 5.41) is 6.44. The summed E-state index contributed by atoms with van der Waals surface area (Å²) >= 11 is 0. The van der Waals surface area contributed by atoms with Crippen molar-refractivity contribution in [2.24, 2.45) is 0 Å².